The Labute approximate surface area is 95.8 Å². The maximum absolute atomic E-state index is 9.08. The summed E-state index contributed by atoms with van der Waals surface area (Å²) in [6.45, 7) is 5.33. The summed E-state index contributed by atoms with van der Waals surface area (Å²) in [5, 5.41) is 18.2. The van der Waals surface area contributed by atoms with Crippen molar-refractivity contribution in [2.45, 2.75) is 13.8 Å². The van der Waals surface area contributed by atoms with E-state index in [9.17, 15) is 0 Å². The highest BCUT2D eigenvalue weighted by molar-refractivity contribution is 6.59. The third kappa shape index (κ3) is 2.45. The van der Waals surface area contributed by atoms with E-state index in [1.165, 1.54) is 6.20 Å². The fourth-order valence-electron chi connectivity index (χ4n) is 1.47. The SMILES string of the molecule is CC.CN1CCOc2c(B(O)O)cncc21. The molecule has 0 atom stereocenters. The molecule has 0 aromatic carbocycles. The number of fused-ring (bicyclic) bond motifs is 1. The quantitative estimate of drug-likeness (QED) is 0.636. The van der Waals surface area contributed by atoms with Gasteiger partial charge in [0.05, 0.1) is 18.4 Å². The van der Waals surface area contributed by atoms with Gasteiger partial charge in [-0.05, 0) is 0 Å². The van der Waals surface area contributed by atoms with E-state index in [1.54, 1.807) is 6.20 Å². The Balaban J connectivity index is 0.000000606. The molecular formula is C10H17BN2O3. The molecule has 0 saturated heterocycles. The number of anilines is 1. The molecule has 2 rings (SSSR count). The summed E-state index contributed by atoms with van der Waals surface area (Å²) >= 11 is 0. The topological polar surface area (TPSA) is 65.8 Å². The van der Waals surface area contributed by atoms with Crippen LogP contribution in [0.2, 0.25) is 0 Å². The van der Waals surface area contributed by atoms with Gasteiger partial charge in [0.15, 0.2) is 0 Å². The highest BCUT2D eigenvalue weighted by atomic mass is 16.5. The van der Waals surface area contributed by atoms with Crippen LogP contribution in [0.4, 0.5) is 5.69 Å². The minimum absolute atomic E-state index is 0.314. The first-order valence-corrected chi connectivity index (χ1v) is 5.38. The van der Waals surface area contributed by atoms with Gasteiger partial charge in [-0.1, -0.05) is 13.8 Å². The molecule has 0 aliphatic carbocycles. The van der Waals surface area contributed by atoms with E-state index >= 15 is 0 Å². The predicted molar refractivity (Wildman–Crippen MR) is 64.2 cm³/mol. The Hall–Kier alpha value is -1.27. The first kappa shape index (κ1) is 12.8. The molecular weight excluding hydrogens is 207 g/mol. The highest BCUT2D eigenvalue weighted by Gasteiger charge is 2.24. The van der Waals surface area contributed by atoms with Crippen LogP contribution in [-0.2, 0) is 0 Å². The molecule has 88 valence electrons. The van der Waals surface area contributed by atoms with Crippen LogP contribution in [0.15, 0.2) is 12.4 Å². The summed E-state index contributed by atoms with van der Waals surface area (Å²) in [6.07, 6.45) is 3.06. The largest absolute Gasteiger partial charge is 0.493 e. The van der Waals surface area contributed by atoms with Crippen molar-refractivity contribution < 1.29 is 14.8 Å². The lowest BCUT2D eigenvalue weighted by molar-refractivity contribution is 0.311. The smallest absolute Gasteiger partial charge is 0.490 e. The van der Waals surface area contributed by atoms with Gasteiger partial charge in [0.2, 0.25) is 0 Å². The van der Waals surface area contributed by atoms with Crippen molar-refractivity contribution in [3.8, 4) is 5.75 Å². The molecule has 0 radical (unpaired) electrons. The zero-order valence-electron chi connectivity index (χ0n) is 9.84. The lowest BCUT2D eigenvalue weighted by Gasteiger charge is -2.28. The molecule has 0 unspecified atom stereocenters. The van der Waals surface area contributed by atoms with Crippen LogP contribution in [0.25, 0.3) is 0 Å². The first-order valence-electron chi connectivity index (χ1n) is 5.38. The summed E-state index contributed by atoms with van der Waals surface area (Å²) in [5.41, 5.74) is 1.11. The van der Waals surface area contributed by atoms with E-state index in [2.05, 4.69) is 4.98 Å². The van der Waals surface area contributed by atoms with Gasteiger partial charge in [-0.15, -0.1) is 0 Å². The van der Waals surface area contributed by atoms with Crippen LogP contribution in [-0.4, -0.2) is 42.3 Å². The molecule has 0 spiro atoms. The van der Waals surface area contributed by atoms with Gasteiger partial charge < -0.3 is 19.7 Å². The number of likely N-dealkylation sites (N-methyl/N-ethyl adjacent to an activating group) is 1. The minimum Gasteiger partial charge on any atom is -0.490 e. The Bertz CT molecular complexity index is 333. The van der Waals surface area contributed by atoms with Crippen LogP contribution in [0, 0.1) is 0 Å². The number of nitrogens with zero attached hydrogens (tertiary/aromatic N) is 2. The molecule has 2 N–H and O–H groups in total. The molecule has 2 heterocycles. The van der Waals surface area contributed by atoms with Crippen molar-refractivity contribution in [2.24, 2.45) is 0 Å². The summed E-state index contributed by atoms with van der Waals surface area (Å²) in [6, 6.07) is 0. The second-order valence-electron chi connectivity index (χ2n) is 3.22. The lowest BCUT2D eigenvalue weighted by Crippen LogP contribution is -2.37. The van der Waals surface area contributed by atoms with Gasteiger partial charge in [-0.3, -0.25) is 4.98 Å². The molecule has 0 bridgehead atoms. The normalized spacial score (nSPS) is 13.2. The second-order valence-corrected chi connectivity index (χ2v) is 3.22. The van der Waals surface area contributed by atoms with Crippen molar-refractivity contribution in [2.75, 3.05) is 25.1 Å². The van der Waals surface area contributed by atoms with Gasteiger partial charge in [-0.2, -0.15) is 0 Å². The van der Waals surface area contributed by atoms with E-state index in [4.69, 9.17) is 14.8 Å². The standard InChI is InChI=1S/C8H11BN2O3.C2H6/c1-11-2-3-14-8-6(9(12)13)4-10-5-7(8)11;1-2/h4-5,12-13H,2-3H2,1H3;1-2H3. The summed E-state index contributed by atoms with van der Waals surface area (Å²) < 4.78 is 5.38. The fraction of sp³-hybridized carbons (Fsp3) is 0.500. The zero-order valence-corrected chi connectivity index (χ0v) is 9.84. The Morgan fingerprint density at radius 3 is 2.69 bits per heavy atom. The van der Waals surface area contributed by atoms with Crippen LogP contribution < -0.4 is 15.1 Å². The van der Waals surface area contributed by atoms with Crippen LogP contribution >= 0.6 is 0 Å². The van der Waals surface area contributed by atoms with Crippen molar-refractivity contribution in [1.82, 2.24) is 4.98 Å². The van der Waals surface area contributed by atoms with Crippen LogP contribution in [0.1, 0.15) is 13.8 Å². The summed E-state index contributed by atoms with van der Waals surface area (Å²) in [5.74, 6) is 0.517. The van der Waals surface area contributed by atoms with E-state index in [1.807, 2.05) is 25.8 Å². The molecule has 1 aliphatic heterocycles. The Morgan fingerprint density at radius 2 is 2.06 bits per heavy atom. The average Bonchev–Trinajstić information content (AvgIpc) is 2.31. The molecule has 0 saturated carbocycles. The molecule has 6 heteroatoms. The third-order valence-electron chi connectivity index (χ3n) is 2.27. The van der Waals surface area contributed by atoms with E-state index in [0.29, 0.717) is 17.8 Å². The Morgan fingerprint density at radius 1 is 1.38 bits per heavy atom. The van der Waals surface area contributed by atoms with Gasteiger partial charge in [0, 0.05) is 18.7 Å². The molecule has 1 aliphatic rings. The number of pyridine rings is 1. The number of rotatable bonds is 1. The van der Waals surface area contributed by atoms with Crippen LogP contribution in [0.5, 0.6) is 5.75 Å². The maximum atomic E-state index is 9.08. The van der Waals surface area contributed by atoms with Gasteiger partial charge in [0.1, 0.15) is 12.4 Å². The lowest BCUT2D eigenvalue weighted by atomic mass is 9.80. The molecule has 5 nitrogen and oxygen atoms in total. The van der Waals surface area contributed by atoms with Crippen molar-refractivity contribution in [3.05, 3.63) is 12.4 Å². The van der Waals surface area contributed by atoms with Crippen molar-refractivity contribution >= 4 is 18.3 Å². The third-order valence-corrected chi connectivity index (χ3v) is 2.27. The number of hydrogen-bond acceptors (Lipinski definition) is 5. The number of ether oxygens (including phenoxy) is 1. The van der Waals surface area contributed by atoms with Crippen LogP contribution in [0.3, 0.4) is 0 Å². The Kier molecular flexibility index (Phi) is 4.58. The number of hydrogen-bond donors (Lipinski definition) is 2. The summed E-state index contributed by atoms with van der Waals surface area (Å²) in [4.78, 5) is 5.90. The van der Waals surface area contributed by atoms with E-state index < -0.39 is 7.12 Å². The van der Waals surface area contributed by atoms with Gasteiger partial charge in [0.25, 0.3) is 0 Å². The van der Waals surface area contributed by atoms with Gasteiger partial charge in [-0.25, -0.2) is 0 Å². The van der Waals surface area contributed by atoms with E-state index in [-0.39, 0.29) is 0 Å². The molecule has 0 fully saturated rings. The molecule has 0 amide bonds. The molecule has 1 aromatic heterocycles. The molecule has 16 heavy (non-hydrogen) atoms. The fourth-order valence-corrected chi connectivity index (χ4v) is 1.47. The zero-order chi connectivity index (χ0) is 12.1. The maximum Gasteiger partial charge on any atom is 0.493 e. The monoisotopic (exact) mass is 224 g/mol. The van der Waals surface area contributed by atoms with Gasteiger partial charge >= 0.3 is 7.12 Å². The highest BCUT2D eigenvalue weighted by Crippen LogP contribution is 2.27. The van der Waals surface area contributed by atoms with Crippen molar-refractivity contribution in [1.29, 1.82) is 0 Å². The predicted octanol–water partition coefficient (Wildman–Crippen LogP) is -0.384. The second kappa shape index (κ2) is 5.72. The first-order chi connectivity index (χ1) is 7.70. The molecule has 1 aromatic rings. The average molecular weight is 224 g/mol. The van der Waals surface area contributed by atoms with Crippen molar-refractivity contribution in [3.63, 3.8) is 0 Å². The summed E-state index contributed by atoms with van der Waals surface area (Å²) in [7, 11) is 0.375. The minimum atomic E-state index is -1.54. The number of aromatic nitrogens is 1. The van der Waals surface area contributed by atoms with E-state index in [0.717, 1.165) is 12.2 Å².